The van der Waals surface area contributed by atoms with Gasteiger partial charge < -0.3 is 4.98 Å². The number of rotatable bonds is 6. The number of aromatic amines is 1. The predicted octanol–water partition coefficient (Wildman–Crippen LogP) is 6.46. The molecule has 0 unspecified atom stereocenters. The molecule has 4 aromatic rings. The number of anilines is 1. The zero-order chi connectivity index (χ0) is 22.0. The van der Waals surface area contributed by atoms with Crippen molar-refractivity contribution >= 4 is 28.0 Å². The van der Waals surface area contributed by atoms with Crippen LogP contribution in [0.25, 0.3) is 22.4 Å². The van der Waals surface area contributed by atoms with Crippen molar-refractivity contribution in [1.82, 2.24) is 9.97 Å². The van der Waals surface area contributed by atoms with E-state index >= 15 is 0 Å². The molecule has 0 atom stereocenters. The van der Waals surface area contributed by atoms with Gasteiger partial charge in [-0.05, 0) is 31.9 Å². The van der Waals surface area contributed by atoms with Crippen LogP contribution in [0.15, 0.2) is 65.8 Å². The maximum absolute atomic E-state index is 11.7. The minimum Gasteiger partial charge on any atom is -0.358 e. The summed E-state index contributed by atoms with van der Waals surface area (Å²) >= 11 is 1.32. The summed E-state index contributed by atoms with van der Waals surface area (Å²) < 4.78 is 0. The van der Waals surface area contributed by atoms with E-state index in [4.69, 9.17) is 0 Å². The third-order valence-corrected chi connectivity index (χ3v) is 6.27. The molecule has 6 heteroatoms. The lowest BCUT2D eigenvalue weighted by Gasteiger charge is -2.09. The van der Waals surface area contributed by atoms with E-state index in [1.165, 1.54) is 11.3 Å². The first kappa shape index (κ1) is 20.8. The molecule has 31 heavy (non-hydrogen) atoms. The number of nitrogens with zero attached hydrogens (tertiary/aromatic N) is 2. The SMILES string of the molecule is CC(=O)c1sc(N/N=C(\C)c2c(C)[nH]c(-c3ccccc3)c2-c2ccccc2)nc1C. The lowest BCUT2D eigenvalue weighted by Crippen LogP contribution is -2.02. The van der Waals surface area contributed by atoms with Crippen LogP contribution in [0.4, 0.5) is 5.13 Å². The lowest BCUT2D eigenvalue weighted by atomic mass is 9.95. The summed E-state index contributed by atoms with van der Waals surface area (Å²) in [6.07, 6.45) is 0. The molecular formula is C25H24N4OS. The Kier molecular flexibility index (Phi) is 5.82. The van der Waals surface area contributed by atoms with Crippen LogP contribution in [0.5, 0.6) is 0 Å². The highest BCUT2D eigenvalue weighted by Gasteiger charge is 2.20. The van der Waals surface area contributed by atoms with Crippen LogP contribution in [0.2, 0.25) is 0 Å². The van der Waals surface area contributed by atoms with Crippen molar-refractivity contribution in [2.24, 2.45) is 5.10 Å². The molecule has 0 amide bonds. The Hall–Kier alpha value is -3.51. The third-order valence-electron chi connectivity index (χ3n) is 5.11. The van der Waals surface area contributed by atoms with Crippen LogP contribution in [-0.2, 0) is 0 Å². The highest BCUT2D eigenvalue weighted by atomic mass is 32.1. The number of benzene rings is 2. The molecule has 0 bridgehead atoms. The molecule has 0 aliphatic carbocycles. The number of thiazole rings is 1. The summed E-state index contributed by atoms with van der Waals surface area (Å²) in [5.74, 6) is 0.0177. The summed E-state index contributed by atoms with van der Waals surface area (Å²) in [5.41, 5.74) is 11.1. The molecular weight excluding hydrogens is 404 g/mol. The van der Waals surface area contributed by atoms with Gasteiger partial charge in [0.25, 0.3) is 0 Å². The van der Waals surface area contributed by atoms with Gasteiger partial charge in [0.05, 0.1) is 22.0 Å². The Morgan fingerprint density at radius 1 is 0.968 bits per heavy atom. The maximum Gasteiger partial charge on any atom is 0.204 e. The van der Waals surface area contributed by atoms with Gasteiger partial charge in [-0.25, -0.2) is 4.98 Å². The Morgan fingerprint density at radius 3 is 2.16 bits per heavy atom. The van der Waals surface area contributed by atoms with Crippen LogP contribution in [-0.4, -0.2) is 21.5 Å². The van der Waals surface area contributed by atoms with E-state index < -0.39 is 0 Å². The van der Waals surface area contributed by atoms with Crippen LogP contribution >= 0.6 is 11.3 Å². The number of carbonyl (C=O) groups is 1. The standard InChI is InChI=1S/C25H24N4OS/c1-15-21(16(2)28-29-25-27-17(3)24(31-25)18(4)30)22(19-11-7-5-8-12-19)23(26-15)20-13-9-6-10-14-20/h5-14,26H,1-4H3,(H,27,29)/b28-16+. The third kappa shape index (κ3) is 4.20. The van der Waals surface area contributed by atoms with Crippen molar-refractivity contribution < 1.29 is 4.79 Å². The molecule has 0 radical (unpaired) electrons. The molecule has 0 saturated carbocycles. The van der Waals surface area contributed by atoms with Gasteiger partial charge in [-0.2, -0.15) is 5.10 Å². The minimum absolute atomic E-state index is 0.0177. The molecule has 0 fully saturated rings. The van der Waals surface area contributed by atoms with E-state index in [-0.39, 0.29) is 5.78 Å². The van der Waals surface area contributed by atoms with Gasteiger partial charge in [0, 0.05) is 23.7 Å². The topological polar surface area (TPSA) is 70.1 Å². The molecule has 2 N–H and O–H groups in total. The highest BCUT2D eigenvalue weighted by molar-refractivity contribution is 7.17. The van der Waals surface area contributed by atoms with E-state index in [0.717, 1.165) is 45.0 Å². The number of aryl methyl sites for hydroxylation is 2. The number of ketones is 1. The second-order valence-electron chi connectivity index (χ2n) is 7.41. The van der Waals surface area contributed by atoms with E-state index in [1.54, 1.807) is 6.92 Å². The normalized spacial score (nSPS) is 11.5. The van der Waals surface area contributed by atoms with Gasteiger partial charge >= 0.3 is 0 Å². The zero-order valence-electron chi connectivity index (χ0n) is 18.0. The van der Waals surface area contributed by atoms with Gasteiger partial charge in [0.1, 0.15) is 0 Å². The molecule has 5 nitrogen and oxygen atoms in total. The van der Waals surface area contributed by atoms with Crippen molar-refractivity contribution in [1.29, 1.82) is 0 Å². The smallest absolute Gasteiger partial charge is 0.204 e. The van der Waals surface area contributed by atoms with E-state index in [0.29, 0.717) is 10.0 Å². The number of aromatic nitrogens is 2. The largest absolute Gasteiger partial charge is 0.358 e. The summed E-state index contributed by atoms with van der Waals surface area (Å²) in [4.78, 5) is 20.4. The Bertz CT molecular complexity index is 1250. The Balaban J connectivity index is 1.79. The first-order valence-electron chi connectivity index (χ1n) is 10.1. The fourth-order valence-electron chi connectivity index (χ4n) is 3.75. The number of nitrogens with one attached hydrogen (secondary N) is 2. The molecule has 2 aromatic carbocycles. The summed E-state index contributed by atoms with van der Waals surface area (Å²) in [6.45, 7) is 7.44. The molecule has 4 rings (SSSR count). The second kappa shape index (κ2) is 8.70. The van der Waals surface area contributed by atoms with Crippen molar-refractivity contribution in [2.75, 3.05) is 5.43 Å². The quantitative estimate of drug-likeness (QED) is 0.210. The van der Waals surface area contributed by atoms with Gasteiger partial charge in [0.15, 0.2) is 5.78 Å². The molecule has 0 aliphatic rings. The zero-order valence-corrected chi connectivity index (χ0v) is 18.8. The van der Waals surface area contributed by atoms with E-state index in [2.05, 4.69) is 51.7 Å². The van der Waals surface area contributed by atoms with E-state index in [9.17, 15) is 4.79 Å². The predicted molar refractivity (Wildman–Crippen MR) is 129 cm³/mol. The molecule has 156 valence electrons. The Morgan fingerprint density at radius 2 is 1.58 bits per heavy atom. The van der Waals surface area contributed by atoms with Gasteiger partial charge in [-0.3, -0.25) is 10.2 Å². The van der Waals surface area contributed by atoms with Crippen molar-refractivity contribution in [3.05, 3.63) is 82.5 Å². The molecule has 2 aromatic heterocycles. The van der Waals surface area contributed by atoms with Crippen molar-refractivity contribution in [3.63, 3.8) is 0 Å². The van der Waals surface area contributed by atoms with Crippen molar-refractivity contribution in [3.8, 4) is 22.4 Å². The number of hydrazone groups is 1. The molecule has 0 spiro atoms. The van der Waals surface area contributed by atoms with E-state index in [1.807, 2.05) is 50.2 Å². The fourth-order valence-corrected chi connectivity index (χ4v) is 4.55. The van der Waals surface area contributed by atoms with Gasteiger partial charge in [-0.1, -0.05) is 72.0 Å². The number of hydrogen-bond acceptors (Lipinski definition) is 5. The minimum atomic E-state index is 0.0177. The van der Waals surface area contributed by atoms with Gasteiger partial charge in [-0.15, -0.1) is 0 Å². The van der Waals surface area contributed by atoms with Gasteiger partial charge in [0.2, 0.25) is 5.13 Å². The number of carbonyl (C=O) groups excluding carboxylic acids is 1. The summed E-state index contributed by atoms with van der Waals surface area (Å²) in [6, 6.07) is 20.6. The number of Topliss-reactive ketones (excluding diaryl/α,β-unsaturated/α-hetero) is 1. The number of hydrogen-bond donors (Lipinski definition) is 2. The summed E-state index contributed by atoms with van der Waals surface area (Å²) in [7, 11) is 0. The first-order chi connectivity index (χ1) is 15.0. The van der Waals surface area contributed by atoms with Crippen LogP contribution in [0.1, 0.15) is 40.5 Å². The van der Waals surface area contributed by atoms with Crippen LogP contribution < -0.4 is 5.43 Å². The molecule has 0 saturated heterocycles. The van der Waals surface area contributed by atoms with Crippen LogP contribution in [0.3, 0.4) is 0 Å². The van der Waals surface area contributed by atoms with Crippen molar-refractivity contribution in [2.45, 2.75) is 27.7 Å². The number of H-pyrrole nitrogens is 1. The van der Waals surface area contributed by atoms with Crippen LogP contribution in [0, 0.1) is 13.8 Å². The molecule has 2 heterocycles. The second-order valence-corrected chi connectivity index (χ2v) is 8.40. The fraction of sp³-hybridized carbons (Fsp3) is 0.160. The monoisotopic (exact) mass is 428 g/mol. The Labute approximate surface area is 185 Å². The first-order valence-corrected chi connectivity index (χ1v) is 10.9. The average molecular weight is 429 g/mol. The highest BCUT2D eigenvalue weighted by Crippen LogP contribution is 2.37. The maximum atomic E-state index is 11.7. The average Bonchev–Trinajstić information content (AvgIpc) is 3.33. The summed E-state index contributed by atoms with van der Waals surface area (Å²) in [5, 5.41) is 5.23. The lowest BCUT2D eigenvalue weighted by molar-refractivity contribution is 0.102. The molecule has 0 aliphatic heterocycles.